The summed E-state index contributed by atoms with van der Waals surface area (Å²) in [6, 6.07) is 11.4. The molecule has 0 spiro atoms. The Morgan fingerprint density at radius 2 is 1.76 bits per heavy atom. The van der Waals surface area contributed by atoms with E-state index >= 15 is 0 Å². The van der Waals surface area contributed by atoms with Gasteiger partial charge in [-0.05, 0) is 29.8 Å². The van der Waals surface area contributed by atoms with E-state index < -0.39 is 5.82 Å². The fourth-order valence-electron chi connectivity index (χ4n) is 3.04. The van der Waals surface area contributed by atoms with E-state index in [-0.39, 0.29) is 18.0 Å². The van der Waals surface area contributed by atoms with Crippen LogP contribution in [-0.4, -0.2) is 36.2 Å². The Morgan fingerprint density at radius 1 is 1.00 bits per heavy atom. The average Bonchev–Trinajstić information content (AvgIpc) is 2.63. The Balaban J connectivity index is 1.60. The zero-order valence-corrected chi connectivity index (χ0v) is 13.8. The molecule has 2 aromatic rings. The van der Waals surface area contributed by atoms with E-state index in [9.17, 15) is 8.78 Å². The Morgan fingerprint density at radius 3 is 2.40 bits per heavy atom. The van der Waals surface area contributed by atoms with Gasteiger partial charge in [-0.3, -0.25) is 4.90 Å². The number of anilines is 1. The van der Waals surface area contributed by atoms with E-state index in [0.717, 1.165) is 37.4 Å². The van der Waals surface area contributed by atoms with Gasteiger partial charge in [0.1, 0.15) is 17.7 Å². The van der Waals surface area contributed by atoms with Crippen molar-refractivity contribution in [1.82, 2.24) is 4.90 Å². The van der Waals surface area contributed by atoms with Crippen molar-refractivity contribution in [1.29, 1.82) is 5.26 Å². The molecule has 25 heavy (non-hydrogen) atoms. The van der Waals surface area contributed by atoms with Gasteiger partial charge in [-0.1, -0.05) is 12.1 Å². The molecule has 0 radical (unpaired) electrons. The first-order valence-electron chi connectivity index (χ1n) is 8.16. The molecule has 6 heteroatoms. The van der Waals surface area contributed by atoms with Crippen LogP contribution in [0.15, 0.2) is 36.4 Å². The Hall–Kier alpha value is -2.49. The van der Waals surface area contributed by atoms with Gasteiger partial charge >= 0.3 is 0 Å². The zero-order valence-electron chi connectivity index (χ0n) is 13.8. The maximum atomic E-state index is 13.7. The Bertz CT molecular complexity index is 796. The molecule has 1 N–H and O–H groups in total. The fraction of sp³-hybridized carbons (Fsp3) is 0.316. The fourth-order valence-corrected chi connectivity index (χ4v) is 3.04. The minimum atomic E-state index is -0.502. The van der Waals surface area contributed by atoms with E-state index in [1.165, 1.54) is 12.1 Å². The van der Waals surface area contributed by atoms with Crippen molar-refractivity contribution in [3.8, 4) is 6.07 Å². The van der Waals surface area contributed by atoms with Gasteiger partial charge in [0.25, 0.3) is 0 Å². The lowest BCUT2D eigenvalue weighted by Gasteiger charge is -2.36. The Kier molecular flexibility index (Phi) is 5.27. The van der Waals surface area contributed by atoms with Crippen LogP contribution in [-0.2, 0) is 13.2 Å². The number of halogens is 2. The van der Waals surface area contributed by atoms with Crippen LogP contribution in [0, 0.1) is 23.0 Å². The second-order valence-electron chi connectivity index (χ2n) is 6.12. The molecule has 0 amide bonds. The van der Waals surface area contributed by atoms with Gasteiger partial charge in [0.2, 0.25) is 0 Å². The van der Waals surface area contributed by atoms with Gasteiger partial charge in [0.05, 0.1) is 12.2 Å². The highest BCUT2D eigenvalue weighted by Gasteiger charge is 2.18. The van der Waals surface area contributed by atoms with Crippen LogP contribution in [0.3, 0.4) is 0 Å². The monoisotopic (exact) mass is 343 g/mol. The summed E-state index contributed by atoms with van der Waals surface area (Å²) >= 11 is 0. The van der Waals surface area contributed by atoms with Crippen molar-refractivity contribution >= 4 is 5.69 Å². The molecule has 0 atom stereocenters. The third kappa shape index (κ3) is 3.95. The Labute approximate surface area is 145 Å². The van der Waals surface area contributed by atoms with Crippen LogP contribution in [0.5, 0.6) is 0 Å². The third-order valence-corrected chi connectivity index (χ3v) is 4.50. The molecule has 0 unspecified atom stereocenters. The van der Waals surface area contributed by atoms with Crippen molar-refractivity contribution in [3.05, 3.63) is 64.7 Å². The predicted octanol–water partition coefficient (Wildman–Crippen LogP) is 2.65. The quantitative estimate of drug-likeness (QED) is 0.927. The zero-order chi connectivity index (χ0) is 17.8. The molecule has 0 saturated carbocycles. The molecule has 1 aliphatic heterocycles. The molecule has 3 rings (SSSR count). The minimum Gasteiger partial charge on any atom is -0.392 e. The van der Waals surface area contributed by atoms with E-state index in [0.29, 0.717) is 12.1 Å². The van der Waals surface area contributed by atoms with Crippen molar-refractivity contribution in [2.24, 2.45) is 0 Å². The number of benzene rings is 2. The van der Waals surface area contributed by atoms with Crippen LogP contribution >= 0.6 is 0 Å². The smallest absolute Gasteiger partial charge is 0.141 e. The SMILES string of the molecule is N#Cc1cc(N2CCN(Cc3ccc(CO)c(F)c3)CC2)ccc1F. The summed E-state index contributed by atoms with van der Waals surface area (Å²) in [5.74, 6) is -0.882. The summed E-state index contributed by atoms with van der Waals surface area (Å²) in [7, 11) is 0. The highest BCUT2D eigenvalue weighted by Crippen LogP contribution is 2.21. The lowest BCUT2D eigenvalue weighted by molar-refractivity contribution is 0.249. The van der Waals surface area contributed by atoms with Crippen molar-refractivity contribution in [3.63, 3.8) is 0 Å². The molecule has 0 bridgehead atoms. The van der Waals surface area contributed by atoms with Crippen LogP contribution in [0.25, 0.3) is 0 Å². The predicted molar refractivity (Wildman–Crippen MR) is 90.9 cm³/mol. The molecule has 1 fully saturated rings. The van der Waals surface area contributed by atoms with Gasteiger partial charge in [-0.15, -0.1) is 0 Å². The number of nitriles is 1. The number of rotatable bonds is 4. The normalized spacial score (nSPS) is 15.2. The highest BCUT2D eigenvalue weighted by atomic mass is 19.1. The first kappa shape index (κ1) is 17.3. The lowest BCUT2D eigenvalue weighted by atomic mass is 10.1. The first-order chi connectivity index (χ1) is 12.1. The van der Waals surface area contributed by atoms with Crippen molar-refractivity contribution < 1.29 is 13.9 Å². The maximum absolute atomic E-state index is 13.7. The average molecular weight is 343 g/mol. The molecule has 1 heterocycles. The summed E-state index contributed by atoms with van der Waals surface area (Å²) in [5.41, 5.74) is 2.07. The van der Waals surface area contributed by atoms with Crippen LogP contribution in [0.1, 0.15) is 16.7 Å². The minimum absolute atomic E-state index is 0.0550. The molecule has 130 valence electrons. The van der Waals surface area contributed by atoms with Gasteiger partial charge in [-0.25, -0.2) is 8.78 Å². The van der Waals surface area contributed by atoms with Crippen LogP contribution in [0.4, 0.5) is 14.5 Å². The summed E-state index contributed by atoms with van der Waals surface area (Å²) in [5, 5.41) is 18.0. The van der Waals surface area contributed by atoms with Gasteiger partial charge in [0, 0.05) is 44.0 Å². The number of nitrogens with zero attached hydrogens (tertiary/aromatic N) is 3. The molecule has 1 aliphatic rings. The molecule has 0 aromatic heterocycles. The molecular formula is C19H19F2N3O. The second-order valence-corrected chi connectivity index (χ2v) is 6.12. The summed E-state index contributed by atoms with van der Waals surface area (Å²) in [6.07, 6.45) is 0. The largest absolute Gasteiger partial charge is 0.392 e. The van der Waals surface area contributed by atoms with Gasteiger partial charge in [0.15, 0.2) is 0 Å². The number of piperazine rings is 1. The number of aliphatic hydroxyl groups is 1. The first-order valence-corrected chi connectivity index (χ1v) is 8.16. The summed E-state index contributed by atoms with van der Waals surface area (Å²) in [6.45, 7) is 3.45. The number of hydrogen-bond donors (Lipinski definition) is 1. The summed E-state index contributed by atoms with van der Waals surface area (Å²) < 4.78 is 27.2. The van der Waals surface area contributed by atoms with E-state index in [1.54, 1.807) is 18.2 Å². The number of aliphatic hydroxyl groups excluding tert-OH is 1. The van der Waals surface area contributed by atoms with E-state index in [1.807, 2.05) is 12.1 Å². The standard InChI is InChI=1S/C19H19F2N3O/c20-18-4-3-17(10-16(18)11-22)24-7-5-23(6-8-24)12-14-1-2-15(13-25)19(21)9-14/h1-4,9-10,25H,5-8,12-13H2. The maximum Gasteiger partial charge on any atom is 0.141 e. The highest BCUT2D eigenvalue weighted by molar-refractivity contribution is 5.52. The second kappa shape index (κ2) is 7.60. The van der Waals surface area contributed by atoms with E-state index in [2.05, 4.69) is 9.80 Å². The molecule has 4 nitrogen and oxygen atoms in total. The van der Waals surface area contributed by atoms with Crippen molar-refractivity contribution in [2.45, 2.75) is 13.2 Å². The molecule has 1 saturated heterocycles. The van der Waals surface area contributed by atoms with Crippen LogP contribution in [0.2, 0.25) is 0 Å². The van der Waals surface area contributed by atoms with Gasteiger partial charge < -0.3 is 10.0 Å². The van der Waals surface area contributed by atoms with Gasteiger partial charge in [-0.2, -0.15) is 5.26 Å². The topological polar surface area (TPSA) is 50.5 Å². The van der Waals surface area contributed by atoms with E-state index in [4.69, 9.17) is 10.4 Å². The lowest BCUT2D eigenvalue weighted by Crippen LogP contribution is -2.46. The third-order valence-electron chi connectivity index (χ3n) is 4.50. The molecule has 0 aliphatic carbocycles. The van der Waals surface area contributed by atoms with Crippen LogP contribution < -0.4 is 4.90 Å². The summed E-state index contributed by atoms with van der Waals surface area (Å²) in [4.78, 5) is 4.34. The molecular weight excluding hydrogens is 324 g/mol. The number of hydrogen-bond acceptors (Lipinski definition) is 4. The molecule has 2 aromatic carbocycles. The van der Waals surface area contributed by atoms with Crippen molar-refractivity contribution in [2.75, 3.05) is 31.1 Å².